The van der Waals surface area contributed by atoms with Crippen molar-refractivity contribution in [3.05, 3.63) is 33.0 Å². The average molecular weight is 369 g/mol. The normalized spacial score (nSPS) is 14.5. The van der Waals surface area contributed by atoms with E-state index in [0.29, 0.717) is 6.54 Å². The number of carbonyl (C=O) groups is 1. The molecule has 130 valence electrons. The van der Waals surface area contributed by atoms with Gasteiger partial charge >= 0.3 is 0 Å². The number of nitrogens with two attached hydrogens (primary N) is 1. The first kappa shape index (κ1) is 17.1. The van der Waals surface area contributed by atoms with Crippen molar-refractivity contribution in [2.75, 3.05) is 7.05 Å². The molecule has 0 bridgehead atoms. The van der Waals surface area contributed by atoms with Crippen LogP contribution in [0.25, 0.3) is 0 Å². The third-order valence-corrected chi connectivity index (χ3v) is 5.92. The van der Waals surface area contributed by atoms with Crippen molar-refractivity contribution in [1.29, 1.82) is 0 Å². The van der Waals surface area contributed by atoms with Gasteiger partial charge in [0.2, 0.25) is 5.09 Å². The van der Waals surface area contributed by atoms with Gasteiger partial charge in [0, 0.05) is 18.0 Å². The zero-order chi connectivity index (χ0) is 17.5. The van der Waals surface area contributed by atoms with Gasteiger partial charge in [-0.1, -0.05) is 0 Å². The van der Waals surface area contributed by atoms with Crippen molar-refractivity contribution in [2.24, 2.45) is 5.14 Å². The molecular formula is C15H19N3O4S2. The first-order valence-electron chi connectivity index (χ1n) is 7.62. The summed E-state index contributed by atoms with van der Waals surface area (Å²) in [5.74, 6) is -0.0892. The predicted molar refractivity (Wildman–Crippen MR) is 89.4 cm³/mol. The second kappa shape index (κ2) is 6.30. The van der Waals surface area contributed by atoms with Gasteiger partial charge in [0.05, 0.1) is 17.8 Å². The Morgan fingerprint density at radius 2 is 2.12 bits per heavy atom. The van der Waals surface area contributed by atoms with Crippen LogP contribution in [0.3, 0.4) is 0 Å². The van der Waals surface area contributed by atoms with Gasteiger partial charge < -0.3 is 9.32 Å². The van der Waals surface area contributed by atoms with Crippen LogP contribution < -0.4 is 5.14 Å². The van der Waals surface area contributed by atoms with E-state index in [1.165, 1.54) is 29.2 Å². The van der Waals surface area contributed by atoms with Crippen molar-refractivity contribution in [1.82, 2.24) is 9.88 Å². The van der Waals surface area contributed by atoms with Crippen LogP contribution in [-0.2, 0) is 29.4 Å². The molecule has 0 spiro atoms. The van der Waals surface area contributed by atoms with Gasteiger partial charge in [-0.3, -0.25) is 4.79 Å². The molecule has 0 saturated carbocycles. The summed E-state index contributed by atoms with van der Waals surface area (Å²) in [7, 11) is -2.31. The van der Waals surface area contributed by atoms with Crippen molar-refractivity contribution in [3.8, 4) is 0 Å². The molecule has 1 aliphatic rings. The Labute approximate surface area is 144 Å². The number of thiazole rings is 1. The largest absolute Gasteiger partial charge is 0.448 e. The zero-order valence-electron chi connectivity index (χ0n) is 13.5. The number of nitrogens with zero attached hydrogens (tertiary/aromatic N) is 2. The Kier molecular flexibility index (Phi) is 4.50. The van der Waals surface area contributed by atoms with Crippen molar-refractivity contribution in [3.63, 3.8) is 0 Å². The number of carbonyl (C=O) groups excluding carboxylic acids is 1. The molecule has 0 saturated heterocycles. The van der Waals surface area contributed by atoms with E-state index >= 15 is 0 Å². The number of aromatic nitrogens is 1. The molecular weight excluding hydrogens is 350 g/mol. The fraction of sp³-hybridized carbons (Fsp3) is 0.467. The third-order valence-electron chi connectivity index (χ3n) is 4.02. The van der Waals surface area contributed by atoms with Gasteiger partial charge in [0.15, 0.2) is 0 Å². The molecule has 1 amide bonds. The highest BCUT2D eigenvalue weighted by Crippen LogP contribution is 2.27. The summed E-state index contributed by atoms with van der Waals surface area (Å²) in [6.45, 7) is 1.92. The molecule has 3 rings (SSSR count). The van der Waals surface area contributed by atoms with Gasteiger partial charge in [-0.05, 0) is 32.6 Å². The number of fused-ring (bicyclic) bond motifs is 1. The van der Waals surface area contributed by atoms with Crippen LogP contribution in [0.5, 0.6) is 0 Å². The number of furan rings is 1. The molecule has 0 aromatic carbocycles. The lowest BCUT2D eigenvalue weighted by atomic mass is 10.0. The Morgan fingerprint density at radius 1 is 1.42 bits per heavy atom. The second-order valence-electron chi connectivity index (χ2n) is 5.93. The van der Waals surface area contributed by atoms with Crippen LogP contribution in [0, 0.1) is 6.92 Å². The molecule has 2 aromatic rings. The number of aryl methyl sites for hydroxylation is 3. The first-order chi connectivity index (χ1) is 11.3. The van der Waals surface area contributed by atoms with E-state index in [9.17, 15) is 13.2 Å². The maximum absolute atomic E-state index is 12.6. The molecule has 0 atom stereocenters. The Balaban J connectivity index is 1.77. The molecule has 1 aliphatic carbocycles. The third kappa shape index (κ3) is 3.38. The molecule has 2 heterocycles. The lowest BCUT2D eigenvalue weighted by Gasteiger charge is -2.14. The van der Waals surface area contributed by atoms with Gasteiger partial charge in [-0.25, -0.2) is 18.5 Å². The van der Waals surface area contributed by atoms with E-state index in [1.807, 2.05) is 0 Å². The maximum Gasteiger partial charge on any atom is 0.271 e. The topological polar surface area (TPSA) is 106 Å². The molecule has 2 N–H and O–H groups in total. The quantitative estimate of drug-likeness (QED) is 0.885. The Hall–Kier alpha value is -1.71. The van der Waals surface area contributed by atoms with Crippen LogP contribution in [-0.4, -0.2) is 31.3 Å². The Morgan fingerprint density at radius 3 is 2.75 bits per heavy atom. The minimum atomic E-state index is -3.97. The highest BCUT2D eigenvalue weighted by atomic mass is 32.2. The summed E-state index contributed by atoms with van der Waals surface area (Å²) in [5, 5.41) is 5.53. The number of rotatable bonds is 4. The summed E-state index contributed by atoms with van der Waals surface area (Å²) in [6, 6.07) is 1.18. The average Bonchev–Trinajstić information content (AvgIpc) is 3.08. The van der Waals surface area contributed by atoms with E-state index in [1.54, 1.807) is 18.4 Å². The van der Waals surface area contributed by atoms with Crippen LogP contribution >= 0.6 is 11.3 Å². The monoisotopic (exact) mass is 369 g/mol. The summed E-state index contributed by atoms with van der Waals surface area (Å²) >= 11 is 1.65. The standard InChI is InChI=1S/C15H19N3O4S2/c1-9-10(7-14(22-9)24(16,20)21)15(19)18(2)8-13-17-11-5-3-4-6-12(11)23-13/h7H,3-6,8H2,1-2H3,(H2,16,20,21). The lowest BCUT2D eigenvalue weighted by Crippen LogP contribution is -2.26. The van der Waals surface area contributed by atoms with Crippen LogP contribution in [0.1, 0.15) is 44.5 Å². The van der Waals surface area contributed by atoms with Crippen molar-refractivity contribution < 1.29 is 17.6 Å². The number of primary sulfonamides is 1. The maximum atomic E-state index is 12.6. The minimum absolute atomic E-state index is 0.197. The number of amides is 1. The smallest absolute Gasteiger partial charge is 0.271 e. The summed E-state index contributed by atoms with van der Waals surface area (Å²) in [6.07, 6.45) is 4.41. The van der Waals surface area contributed by atoms with E-state index in [4.69, 9.17) is 9.56 Å². The van der Waals surface area contributed by atoms with Crippen LogP contribution in [0.4, 0.5) is 0 Å². The Bertz CT molecular complexity index is 859. The van der Waals surface area contributed by atoms with E-state index in [0.717, 1.165) is 30.0 Å². The number of hydrogen-bond acceptors (Lipinski definition) is 6. The zero-order valence-corrected chi connectivity index (χ0v) is 15.2. The molecule has 0 fully saturated rings. The molecule has 0 unspecified atom stereocenters. The molecule has 7 nitrogen and oxygen atoms in total. The van der Waals surface area contributed by atoms with Gasteiger partial charge in [0.1, 0.15) is 10.8 Å². The second-order valence-corrected chi connectivity index (χ2v) is 8.59. The number of sulfonamides is 1. The van der Waals surface area contributed by atoms with Gasteiger partial charge in [-0.2, -0.15) is 0 Å². The number of hydrogen-bond donors (Lipinski definition) is 1. The molecule has 0 aliphatic heterocycles. The lowest BCUT2D eigenvalue weighted by molar-refractivity contribution is 0.0783. The molecule has 24 heavy (non-hydrogen) atoms. The van der Waals surface area contributed by atoms with E-state index in [-0.39, 0.29) is 17.2 Å². The van der Waals surface area contributed by atoms with Crippen molar-refractivity contribution >= 4 is 27.3 Å². The fourth-order valence-corrected chi connectivity index (χ4v) is 4.49. The predicted octanol–water partition coefficient (Wildman–Crippen LogP) is 1.84. The van der Waals surface area contributed by atoms with Gasteiger partial charge in [0.25, 0.3) is 15.9 Å². The highest BCUT2D eigenvalue weighted by molar-refractivity contribution is 7.89. The minimum Gasteiger partial charge on any atom is -0.448 e. The molecule has 0 radical (unpaired) electrons. The molecule has 2 aromatic heterocycles. The summed E-state index contributed by atoms with van der Waals surface area (Å²) in [4.78, 5) is 20.0. The fourth-order valence-electron chi connectivity index (χ4n) is 2.76. The SMILES string of the molecule is Cc1oc(S(N)(=O)=O)cc1C(=O)N(C)Cc1nc2c(s1)CCCC2. The van der Waals surface area contributed by atoms with Crippen LogP contribution in [0.15, 0.2) is 15.6 Å². The highest BCUT2D eigenvalue weighted by Gasteiger charge is 2.24. The van der Waals surface area contributed by atoms with E-state index in [2.05, 4.69) is 4.98 Å². The molecule has 9 heteroatoms. The summed E-state index contributed by atoms with van der Waals surface area (Å²) < 4.78 is 27.8. The van der Waals surface area contributed by atoms with Gasteiger partial charge in [-0.15, -0.1) is 11.3 Å². The summed E-state index contributed by atoms with van der Waals surface area (Å²) in [5.41, 5.74) is 1.35. The van der Waals surface area contributed by atoms with Crippen LogP contribution in [0.2, 0.25) is 0 Å². The van der Waals surface area contributed by atoms with E-state index < -0.39 is 15.1 Å². The first-order valence-corrected chi connectivity index (χ1v) is 9.98. The van der Waals surface area contributed by atoms with Crippen molar-refractivity contribution in [2.45, 2.75) is 44.2 Å².